The predicted octanol–water partition coefficient (Wildman–Crippen LogP) is -1.20. The summed E-state index contributed by atoms with van der Waals surface area (Å²) >= 11 is 0. The smallest absolute Gasteiger partial charge is 0.326 e. The Morgan fingerprint density at radius 1 is 1.40 bits per heavy atom. The van der Waals surface area contributed by atoms with Crippen molar-refractivity contribution in [2.45, 2.75) is 12.5 Å². The first kappa shape index (κ1) is 13.7. The number of nitrogens with one attached hydrogen (secondary N) is 2. The third-order valence-corrected chi connectivity index (χ3v) is 2.59. The van der Waals surface area contributed by atoms with Crippen LogP contribution < -0.4 is 10.6 Å². The van der Waals surface area contributed by atoms with Crippen molar-refractivity contribution in [3.05, 3.63) is 0 Å². The highest BCUT2D eigenvalue weighted by Crippen LogP contribution is 1.96. The van der Waals surface area contributed by atoms with E-state index in [0.29, 0.717) is 0 Å². The number of carbonyl (C=O) groups is 2. The summed E-state index contributed by atoms with van der Waals surface area (Å²) in [7, 11) is -1.89. The maximum absolute atomic E-state index is 10.8. The van der Waals surface area contributed by atoms with Crippen LogP contribution in [0.15, 0.2) is 0 Å². The van der Waals surface area contributed by atoms with Crippen molar-refractivity contribution in [2.75, 3.05) is 19.1 Å². The summed E-state index contributed by atoms with van der Waals surface area (Å²) < 4.78 is 21.6. The van der Waals surface area contributed by atoms with Gasteiger partial charge < -0.3 is 15.7 Å². The van der Waals surface area contributed by atoms with Crippen LogP contribution in [0.4, 0.5) is 4.79 Å². The molecule has 3 N–H and O–H groups in total. The van der Waals surface area contributed by atoms with Gasteiger partial charge in [-0.1, -0.05) is 0 Å². The number of carboxylic acid groups (broad SMARTS) is 1. The van der Waals surface area contributed by atoms with Gasteiger partial charge >= 0.3 is 12.0 Å². The molecule has 0 aliphatic heterocycles. The molecule has 0 aliphatic carbocycles. The Bertz CT molecular complexity index is 337. The van der Waals surface area contributed by atoms with Crippen LogP contribution in [0.3, 0.4) is 0 Å². The van der Waals surface area contributed by atoms with Crippen molar-refractivity contribution >= 4 is 21.8 Å². The first-order chi connectivity index (χ1) is 6.76. The molecule has 7 nitrogen and oxygen atoms in total. The molecule has 1 unspecified atom stereocenters. The number of carbonyl (C=O) groups excluding carboxylic acids is 1. The second-order valence-electron chi connectivity index (χ2n) is 3.03. The summed E-state index contributed by atoms with van der Waals surface area (Å²) in [5.74, 6) is -1.55. The van der Waals surface area contributed by atoms with Gasteiger partial charge in [-0.25, -0.2) is 18.0 Å². The minimum Gasteiger partial charge on any atom is -0.480 e. The molecular weight excluding hydrogens is 224 g/mol. The summed E-state index contributed by atoms with van der Waals surface area (Å²) in [6.45, 7) is 0. The topological polar surface area (TPSA) is 113 Å². The molecule has 2 amide bonds. The fraction of sp³-hybridized carbons (Fsp3) is 0.714. The van der Waals surface area contributed by atoms with Crippen LogP contribution in [0.2, 0.25) is 0 Å². The van der Waals surface area contributed by atoms with E-state index in [4.69, 9.17) is 5.11 Å². The summed E-state index contributed by atoms with van der Waals surface area (Å²) in [5, 5.41) is 13.0. The molecule has 0 rings (SSSR count). The number of rotatable bonds is 5. The van der Waals surface area contributed by atoms with Gasteiger partial charge in [0.2, 0.25) is 0 Å². The highest BCUT2D eigenvalue weighted by atomic mass is 32.2. The zero-order valence-electron chi connectivity index (χ0n) is 8.48. The number of amides is 2. The molecule has 0 aromatic carbocycles. The molecule has 0 fully saturated rings. The van der Waals surface area contributed by atoms with Crippen molar-refractivity contribution in [3.63, 3.8) is 0 Å². The number of urea groups is 1. The number of hydrogen-bond donors (Lipinski definition) is 3. The summed E-state index contributed by atoms with van der Waals surface area (Å²) in [6, 6.07) is -1.85. The van der Waals surface area contributed by atoms with E-state index < -0.39 is 27.9 Å². The first-order valence-electron chi connectivity index (χ1n) is 4.15. The molecule has 0 bridgehead atoms. The van der Waals surface area contributed by atoms with Crippen molar-refractivity contribution in [3.8, 4) is 0 Å². The van der Waals surface area contributed by atoms with Crippen LogP contribution in [0.1, 0.15) is 6.42 Å². The molecule has 88 valence electrons. The molecule has 1 atom stereocenters. The Balaban J connectivity index is 4.30. The van der Waals surface area contributed by atoms with Gasteiger partial charge in [0.25, 0.3) is 0 Å². The van der Waals surface area contributed by atoms with Gasteiger partial charge in [-0.15, -0.1) is 0 Å². The SMILES string of the molecule is CNC(=O)NC(CCS(C)(=O)=O)C(=O)O. The van der Waals surface area contributed by atoms with Crippen LogP contribution in [0.25, 0.3) is 0 Å². The van der Waals surface area contributed by atoms with E-state index in [1.165, 1.54) is 7.05 Å². The average Bonchev–Trinajstić information content (AvgIpc) is 2.09. The minimum atomic E-state index is -3.23. The third-order valence-electron chi connectivity index (χ3n) is 1.61. The fourth-order valence-electron chi connectivity index (χ4n) is 0.820. The summed E-state index contributed by atoms with van der Waals surface area (Å²) in [4.78, 5) is 21.4. The zero-order chi connectivity index (χ0) is 12.1. The van der Waals surface area contributed by atoms with Crippen molar-refractivity contribution in [2.24, 2.45) is 0 Å². The Kier molecular flexibility index (Phi) is 5.06. The Morgan fingerprint density at radius 3 is 2.27 bits per heavy atom. The Labute approximate surface area is 87.8 Å². The highest BCUT2D eigenvalue weighted by molar-refractivity contribution is 7.90. The summed E-state index contributed by atoms with van der Waals surface area (Å²) in [5.41, 5.74) is 0. The molecule has 0 aromatic heterocycles. The van der Waals surface area contributed by atoms with E-state index in [1.54, 1.807) is 0 Å². The average molecular weight is 238 g/mol. The third kappa shape index (κ3) is 6.72. The van der Waals surface area contributed by atoms with Crippen molar-refractivity contribution in [1.82, 2.24) is 10.6 Å². The van der Waals surface area contributed by atoms with E-state index in [1.807, 2.05) is 0 Å². The van der Waals surface area contributed by atoms with Gasteiger partial charge in [-0.3, -0.25) is 0 Å². The normalized spacial score (nSPS) is 12.9. The van der Waals surface area contributed by atoms with Crippen molar-refractivity contribution in [1.29, 1.82) is 0 Å². The molecule has 15 heavy (non-hydrogen) atoms. The van der Waals surface area contributed by atoms with Gasteiger partial charge in [-0.2, -0.15) is 0 Å². The molecule has 0 saturated heterocycles. The largest absolute Gasteiger partial charge is 0.480 e. The highest BCUT2D eigenvalue weighted by Gasteiger charge is 2.20. The lowest BCUT2D eigenvalue weighted by Crippen LogP contribution is -2.45. The van der Waals surface area contributed by atoms with Crippen LogP contribution in [0, 0.1) is 0 Å². The monoisotopic (exact) mass is 238 g/mol. The Morgan fingerprint density at radius 2 is 1.93 bits per heavy atom. The molecule has 0 spiro atoms. The molecule has 0 radical (unpaired) electrons. The maximum atomic E-state index is 10.8. The van der Waals surface area contributed by atoms with Gasteiger partial charge in [0.15, 0.2) is 0 Å². The predicted molar refractivity (Wildman–Crippen MR) is 53.3 cm³/mol. The van der Waals surface area contributed by atoms with E-state index >= 15 is 0 Å². The van der Waals surface area contributed by atoms with Gasteiger partial charge in [0.1, 0.15) is 15.9 Å². The second kappa shape index (κ2) is 5.54. The van der Waals surface area contributed by atoms with E-state index in [2.05, 4.69) is 10.6 Å². The summed E-state index contributed by atoms with van der Waals surface area (Å²) in [6.07, 6.45) is 0.855. The molecule has 0 aliphatic rings. The van der Waals surface area contributed by atoms with E-state index in [0.717, 1.165) is 6.26 Å². The van der Waals surface area contributed by atoms with Gasteiger partial charge in [0, 0.05) is 13.3 Å². The Hall–Kier alpha value is -1.31. The lowest BCUT2D eigenvalue weighted by Gasteiger charge is -2.13. The molecule has 0 aromatic rings. The van der Waals surface area contributed by atoms with Gasteiger partial charge in [-0.05, 0) is 6.42 Å². The first-order valence-corrected chi connectivity index (χ1v) is 6.21. The van der Waals surface area contributed by atoms with Crippen LogP contribution in [0.5, 0.6) is 0 Å². The lowest BCUT2D eigenvalue weighted by molar-refractivity contribution is -0.139. The van der Waals surface area contributed by atoms with Crippen LogP contribution in [-0.2, 0) is 14.6 Å². The van der Waals surface area contributed by atoms with E-state index in [-0.39, 0.29) is 12.2 Å². The quantitative estimate of drug-likeness (QED) is 0.557. The number of hydrogen-bond acceptors (Lipinski definition) is 4. The van der Waals surface area contributed by atoms with Crippen LogP contribution in [-0.4, -0.2) is 50.6 Å². The fourth-order valence-corrected chi connectivity index (χ4v) is 1.48. The molecule has 8 heteroatoms. The minimum absolute atomic E-state index is 0.151. The van der Waals surface area contributed by atoms with Crippen molar-refractivity contribution < 1.29 is 23.1 Å². The molecule has 0 saturated carbocycles. The molecular formula is C7H14N2O5S. The number of aliphatic carboxylic acids is 1. The maximum Gasteiger partial charge on any atom is 0.326 e. The molecule has 0 heterocycles. The van der Waals surface area contributed by atoms with E-state index in [9.17, 15) is 18.0 Å². The van der Waals surface area contributed by atoms with Crippen LogP contribution >= 0.6 is 0 Å². The van der Waals surface area contributed by atoms with Gasteiger partial charge in [0.05, 0.1) is 5.75 Å². The second-order valence-corrected chi connectivity index (χ2v) is 5.29. The lowest BCUT2D eigenvalue weighted by atomic mass is 10.2. The number of sulfone groups is 1. The number of carboxylic acids is 1. The standard InChI is InChI=1S/C7H14N2O5S/c1-8-7(12)9-5(6(10)11)3-4-15(2,13)14/h5H,3-4H2,1-2H3,(H,10,11)(H2,8,9,12). The zero-order valence-corrected chi connectivity index (χ0v) is 9.30.